The molecule has 0 amide bonds. The van der Waals surface area contributed by atoms with Gasteiger partial charge in [-0.25, -0.2) is 0 Å². The maximum Gasteiger partial charge on any atom is 0.417 e. The summed E-state index contributed by atoms with van der Waals surface area (Å²) in [6.45, 7) is 0. The van der Waals surface area contributed by atoms with E-state index in [-0.39, 0.29) is 16.7 Å². The highest BCUT2D eigenvalue weighted by molar-refractivity contribution is 6.28. The van der Waals surface area contributed by atoms with Gasteiger partial charge in [0, 0.05) is 76.8 Å². The number of aromatic nitrogens is 4. The quantitative estimate of drug-likeness (QED) is 0.153. The molecular weight excluding hydrogens is 1010 g/mol. The fourth-order valence-electron chi connectivity index (χ4n) is 12.7. The van der Waals surface area contributed by atoms with Crippen LogP contribution in [-0.2, 0) is 12.4 Å². The first-order valence-corrected chi connectivity index (χ1v) is 26.0. The fourth-order valence-corrected chi connectivity index (χ4v) is 12.7. The van der Waals surface area contributed by atoms with Crippen LogP contribution in [0.3, 0.4) is 0 Å². The van der Waals surface area contributed by atoms with Gasteiger partial charge in [0.25, 0.3) is 0 Å². The van der Waals surface area contributed by atoms with Crippen molar-refractivity contribution < 1.29 is 26.3 Å². The first-order chi connectivity index (χ1) is 39.0. The summed E-state index contributed by atoms with van der Waals surface area (Å²) in [6.07, 6.45) is -10.3. The molecule has 0 aliphatic rings. The smallest absolute Gasteiger partial charge is 0.309 e. The van der Waals surface area contributed by atoms with E-state index in [0.717, 1.165) is 105 Å². The summed E-state index contributed by atoms with van der Waals surface area (Å²) in [4.78, 5) is 0. The first kappa shape index (κ1) is 46.9. The van der Waals surface area contributed by atoms with Crippen LogP contribution < -0.4 is 0 Å². The number of fused-ring (bicyclic) bond motifs is 14. The third kappa shape index (κ3) is 6.85. The number of rotatable bonds is 6. The number of alkyl halides is 6. The molecular formula is C69H39F6N5. The third-order valence-corrected chi connectivity index (χ3v) is 15.8. The van der Waals surface area contributed by atoms with E-state index in [1.54, 1.807) is 12.1 Å². The molecule has 0 atom stereocenters. The molecule has 0 bridgehead atoms. The molecule has 0 N–H and O–H groups in total. The highest BCUT2D eigenvalue weighted by Crippen LogP contribution is 2.49. The van der Waals surface area contributed by atoms with Crippen LogP contribution in [0.2, 0.25) is 0 Å². The van der Waals surface area contributed by atoms with Gasteiger partial charge in [-0.2, -0.15) is 31.6 Å². The van der Waals surface area contributed by atoms with Crippen LogP contribution in [0.4, 0.5) is 26.3 Å². The highest BCUT2D eigenvalue weighted by atomic mass is 19.4. The lowest BCUT2D eigenvalue weighted by Crippen LogP contribution is -2.14. The first-order valence-electron chi connectivity index (χ1n) is 26.0. The number of nitriles is 1. The molecule has 0 spiro atoms. The van der Waals surface area contributed by atoms with E-state index in [1.165, 1.54) is 12.1 Å². The summed E-state index contributed by atoms with van der Waals surface area (Å²) in [7, 11) is 0. The minimum absolute atomic E-state index is 0.159. The Morgan fingerprint density at radius 2 is 0.775 bits per heavy atom. The lowest BCUT2D eigenvalue weighted by molar-refractivity contribution is -0.142. The second-order valence-corrected chi connectivity index (χ2v) is 20.1. The van der Waals surface area contributed by atoms with Crippen LogP contribution in [0.15, 0.2) is 237 Å². The van der Waals surface area contributed by atoms with Gasteiger partial charge in [0.15, 0.2) is 0 Å². The number of hydrogen-bond donors (Lipinski definition) is 0. The second-order valence-electron chi connectivity index (χ2n) is 20.1. The van der Waals surface area contributed by atoms with Crippen LogP contribution >= 0.6 is 0 Å². The van der Waals surface area contributed by atoms with Crippen molar-refractivity contribution in [1.82, 2.24) is 18.3 Å². The minimum Gasteiger partial charge on any atom is -0.309 e. The summed E-state index contributed by atoms with van der Waals surface area (Å²) < 4.78 is 99.7. The molecule has 0 aliphatic heterocycles. The van der Waals surface area contributed by atoms with Crippen LogP contribution in [0.1, 0.15) is 16.7 Å². The predicted octanol–water partition coefficient (Wildman–Crippen LogP) is 19.3. The van der Waals surface area contributed by atoms with Gasteiger partial charge in [0.2, 0.25) is 0 Å². The summed E-state index contributed by atoms with van der Waals surface area (Å²) in [5.74, 6) is 0. The van der Waals surface area contributed by atoms with Crippen LogP contribution in [0, 0.1) is 11.3 Å². The Balaban J connectivity index is 1.06. The van der Waals surface area contributed by atoms with E-state index in [9.17, 15) is 5.26 Å². The lowest BCUT2D eigenvalue weighted by atomic mass is 9.89. The van der Waals surface area contributed by atoms with Crippen LogP contribution in [0.5, 0.6) is 0 Å². The maximum atomic E-state index is 15.2. The molecule has 15 rings (SSSR count). The number of benzene rings is 11. The molecule has 4 heterocycles. The molecule has 80 heavy (non-hydrogen) atoms. The van der Waals surface area contributed by atoms with Crippen LogP contribution in [-0.4, -0.2) is 18.3 Å². The van der Waals surface area contributed by atoms with Crippen molar-refractivity contribution >= 4 is 87.2 Å². The zero-order valence-electron chi connectivity index (χ0n) is 42.0. The van der Waals surface area contributed by atoms with E-state index in [0.29, 0.717) is 29.1 Å². The molecule has 382 valence electrons. The maximum absolute atomic E-state index is 15.2. The Morgan fingerprint density at radius 1 is 0.325 bits per heavy atom. The van der Waals surface area contributed by atoms with E-state index in [2.05, 4.69) is 80.4 Å². The zero-order chi connectivity index (χ0) is 54.2. The van der Waals surface area contributed by atoms with Gasteiger partial charge in [-0.3, -0.25) is 0 Å². The van der Waals surface area contributed by atoms with Gasteiger partial charge >= 0.3 is 12.4 Å². The lowest BCUT2D eigenvalue weighted by Gasteiger charge is -2.22. The highest BCUT2D eigenvalue weighted by Gasteiger charge is 2.41. The van der Waals surface area contributed by atoms with Crippen molar-refractivity contribution in [2.45, 2.75) is 12.4 Å². The Labute approximate surface area is 451 Å². The average Bonchev–Trinajstić information content (AvgIpc) is 3.35. The second kappa shape index (κ2) is 17.3. The van der Waals surface area contributed by atoms with E-state index < -0.39 is 29.0 Å². The third-order valence-electron chi connectivity index (χ3n) is 15.8. The largest absolute Gasteiger partial charge is 0.417 e. The van der Waals surface area contributed by atoms with Gasteiger partial charge in [-0.15, -0.1) is 0 Å². The zero-order valence-corrected chi connectivity index (χ0v) is 42.0. The van der Waals surface area contributed by atoms with Crippen molar-refractivity contribution in [2.75, 3.05) is 0 Å². The average molecular weight is 1050 g/mol. The predicted molar refractivity (Wildman–Crippen MR) is 309 cm³/mol. The van der Waals surface area contributed by atoms with Crippen molar-refractivity contribution in [3.8, 4) is 51.1 Å². The molecule has 11 heteroatoms. The summed E-state index contributed by atoms with van der Waals surface area (Å²) >= 11 is 0. The van der Waals surface area contributed by atoms with E-state index in [1.807, 2.05) is 138 Å². The minimum atomic E-state index is -5.16. The Hall–Kier alpha value is -10.3. The summed E-state index contributed by atoms with van der Waals surface area (Å²) in [6, 6.07) is 75.1. The summed E-state index contributed by atoms with van der Waals surface area (Å²) in [5, 5.41) is 19.0. The van der Waals surface area contributed by atoms with Gasteiger partial charge in [-0.05, 0) is 109 Å². The normalized spacial score (nSPS) is 12.4. The number of hydrogen-bond acceptors (Lipinski definition) is 1. The van der Waals surface area contributed by atoms with Gasteiger partial charge in [0.05, 0.1) is 72.6 Å². The molecule has 0 saturated heterocycles. The van der Waals surface area contributed by atoms with Crippen LogP contribution in [0.25, 0.3) is 132 Å². The number of para-hydroxylation sites is 6. The van der Waals surface area contributed by atoms with Crippen molar-refractivity contribution in [3.63, 3.8) is 0 Å². The Bertz CT molecular complexity index is 5070. The number of halogens is 6. The molecule has 15 aromatic rings. The topological polar surface area (TPSA) is 43.5 Å². The van der Waals surface area contributed by atoms with Gasteiger partial charge < -0.3 is 18.3 Å². The molecule has 5 nitrogen and oxygen atoms in total. The van der Waals surface area contributed by atoms with Crippen molar-refractivity contribution in [2.24, 2.45) is 0 Å². The number of nitrogens with zero attached hydrogens (tertiary/aromatic N) is 5. The SMILES string of the molecule is N#Cc1ccc(-n2c3ccccc3c3c2ccc2c4ccccc4n(-c4ccccc4)c23)cc1-c1cc(-c2c(C(F)(F)F)cccc2C(F)(F)F)ccc1-n1c2ccccc2c2c1ccc1c3ccccc3n(-c3ccccc3)c12. The van der Waals surface area contributed by atoms with Crippen molar-refractivity contribution in [3.05, 3.63) is 253 Å². The molecule has 0 unspecified atom stereocenters. The van der Waals surface area contributed by atoms with E-state index in [4.69, 9.17) is 0 Å². The Morgan fingerprint density at radius 3 is 1.27 bits per heavy atom. The molecule has 0 saturated carbocycles. The summed E-state index contributed by atoms with van der Waals surface area (Å²) in [5.41, 5.74) is 6.54. The molecule has 0 aliphatic carbocycles. The molecule has 4 aromatic heterocycles. The molecule has 11 aromatic carbocycles. The van der Waals surface area contributed by atoms with Gasteiger partial charge in [0.1, 0.15) is 0 Å². The monoisotopic (exact) mass is 1050 g/mol. The van der Waals surface area contributed by atoms with Gasteiger partial charge in [-0.1, -0.05) is 133 Å². The molecule has 0 radical (unpaired) electrons. The van der Waals surface area contributed by atoms with Crippen molar-refractivity contribution in [1.29, 1.82) is 5.26 Å². The molecule has 0 fully saturated rings. The van der Waals surface area contributed by atoms with E-state index >= 15 is 26.3 Å². The standard InChI is InChI=1S/C69H39F6N5/c70-68(71,72)54-24-15-25-55(69(73,74)75)63(54)41-31-35-60(80-59-29-14-10-23-51(59)65-62(80)37-34-49-47-21-8-12-27-57(47)79(67(49)65)44-18-5-2-6-19-44)53(38-41)52-39-45(32-30-42(52)40-76)77-58-28-13-9-22-50(58)64-61(77)36-33-48-46-20-7-11-26-56(46)78(66(48)64)43-16-3-1-4-17-43/h1-39H. The fraction of sp³-hybridized carbons (Fsp3) is 0.0290. The Kier molecular flexibility index (Phi) is 10.2.